The summed E-state index contributed by atoms with van der Waals surface area (Å²) in [6, 6.07) is 0.742. The molecule has 0 aliphatic carbocycles. The van der Waals surface area contributed by atoms with Crippen molar-refractivity contribution in [3.05, 3.63) is 17.0 Å². The zero-order valence-electron chi connectivity index (χ0n) is 9.88. The molecule has 1 N–H and O–H groups in total. The highest BCUT2D eigenvalue weighted by Crippen LogP contribution is 2.29. The van der Waals surface area contributed by atoms with Crippen LogP contribution in [0.15, 0.2) is 6.07 Å². The van der Waals surface area contributed by atoms with Crippen LogP contribution in [0.25, 0.3) is 0 Å². The maximum absolute atomic E-state index is 12.5. The summed E-state index contributed by atoms with van der Waals surface area (Å²) in [4.78, 5) is 6.84. The summed E-state index contributed by atoms with van der Waals surface area (Å²) in [5.41, 5.74) is -1.07. The first-order chi connectivity index (χ1) is 8.32. The Kier molecular flexibility index (Phi) is 5.15. The number of methoxy groups -OCH3 is 1. The molecule has 0 spiro atoms. The van der Waals surface area contributed by atoms with Gasteiger partial charge in [-0.3, -0.25) is 0 Å². The van der Waals surface area contributed by atoms with E-state index in [2.05, 4.69) is 15.3 Å². The summed E-state index contributed by atoms with van der Waals surface area (Å²) in [6.45, 7) is 2.31. The fourth-order valence-corrected chi connectivity index (χ4v) is 1.44. The van der Waals surface area contributed by atoms with Crippen molar-refractivity contribution in [3.8, 4) is 0 Å². The van der Waals surface area contributed by atoms with Crippen molar-refractivity contribution in [2.24, 2.45) is 0 Å². The third-order valence-corrected chi connectivity index (χ3v) is 2.31. The zero-order chi connectivity index (χ0) is 13.8. The number of anilines is 1. The van der Waals surface area contributed by atoms with Gasteiger partial charge in [-0.05, 0) is 24.9 Å². The highest BCUT2D eigenvalue weighted by Gasteiger charge is 2.33. The molecule has 1 unspecified atom stereocenters. The van der Waals surface area contributed by atoms with Gasteiger partial charge in [-0.1, -0.05) is 0 Å². The molecule has 18 heavy (non-hydrogen) atoms. The lowest BCUT2D eigenvalue weighted by Gasteiger charge is -2.15. The molecule has 0 bridgehead atoms. The Labute approximate surface area is 108 Å². The first-order valence-electron chi connectivity index (χ1n) is 5.20. The van der Waals surface area contributed by atoms with Crippen molar-refractivity contribution in [2.75, 3.05) is 19.0 Å². The molecule has 0 saturated heterocycles. The van der Waals surface area contributed by atoms with E-state index in [0.29, 0.717) is 13.0 Å². The molecule has 8 heteroatoms. The monoisotopic (exact) mass is 283 g/mol. The lowest BCUT2D eigenvalue weighted by Crippen LogP contribution is -2.19. The quantitative estimate of drug-likeness (QED) is 0.844. The van der Waals surface area contributed by atoms with Crippen LogP contribution < -0.4 is 5.32 Å². The van der Waals surface area contributed by atoms with E-state index in [4.69, 9.17) is 16.3 Å². The Bertz CT molecular complexity index is 400. The molecule has 102 valence electrons. The average Bonchev–Trinajstić information content (AvgIpc) is 2.24. The van der Waals surface area contributed by atoms with Crippen molar-refractivity contribution in [1.82, 2.24) is 9.97 Å². The van der Waals surface area contributed by atoms with Gasteiger partial charge in [0, 0.05) is 25.8 Å². The van der Waals surface area contributed by atoms with Crippen molar-refractivity contribution in [3.63, 3.8) is 0 Å². The Morgan fingerprint density at radius 1 is 1.44 bits per heavy atom. The van der Waals surface area contributed by atoms with E-state index in [1.807, 2.05) is 6.92 Å². The molecule has 1 rings (SSSR count). The molecular weight excluding hydrogens is 271 g/mol. The van der Waals surface area contributed by atoms with Crippen LogP contribution in [0.3, 0.4) is 0 Å². The minimum Gasteiger partial charge on any atom is -0.385 e. The number of nitrogens with zero attached hydrogens (tertiary/aromatic N) is 2. The molecule has 0 radical (unpaired) electrons. The molecule has 1 heterocycles. The predicted octanol–water partition coefficient (Wildman–Crippen LogP) is 2.99. The molecule has 0 amide bonds. The number of nitrogens with one attached hydrogen (secondary N) is 1. The van der Waals surface area contributed by atoms with E-state index < -0.39 is 17.2 Å². The summed E-state index contributed by atoms with van der Waals surface area (Å²) in [5, 5.41) is 2.38. The van der Waals surface area contributed by atoms with Gasteiger partial charge in [0.15, 0.2) is 5.69 Å². The Morgan fingerprint density at radius 3 is 2.67 bits per heavy atom. The van der Waals surface area contributed by atoms with Crippen LogP contribution in [-0.4, -0.2) is 29.7 Å². The summed E-state index contributed by atoms with van der Waals surface area (Å²) in [6.07, 6.45) is -3.90. The van der Waals surface area contributed by atoms with Gasteiger partial charge in [-0.25, -0.2) is 9.97 Å². The third-order valence-electron chi connectivity index (χ3n) is 2.14. The van der Waals surface area contributed by atoms with Crippen LogP contribution in [-0.2, 0) is 10.9 Å². The lowest BCUT2D eigenvalue weighted by molar-refractivity contribution is -0.141. The van der Waals surface area contributed by atoms with Crippen LogP contribution in [0.5, 0.6) is 0 Å². The predicted molar refractivity (Wildman–Crippen MR) is 61.6 cm³/mol. The summed E-state index contributed by atoms with van der Waals surface area (Å²) in [5.74, 6) is 0.0472. The summed E-state index contributed by atoms with van der Waals surface area (Å²) in [7, 11) is 1.55. The number of hydrogen-bond acceptors (Lipinski definition) is 4. The fourth-order valence-electron chi connectivity index (χ4n) is 1.26. The summed E-state index contributed by atoms with van der Waals surface area (Å²) < 4.78 is 42.3. The molecule has 1 aromatic heterocycles. The number of rotatable bonds is 5. The van der Waals surface area contributed by atoms with Gasteiger partial charge in [0.1, 0.15) is 5.82 Å². The zero-order valence-corrected chi connectivity index (χ0v) is 10.6. The maximum Gasteiger partial charge on any atom is 0.433 e. The minimum absolute atomic E-state index is 0.0472. The highest BCUT2D eigenvalue weighted by molar-refractivity contribution is 6.28. The van der Waals surface area contributed by atoms with Gasteiger partial charge in [0.05, 0.1) is 0 Å². The van der Waals surface area contributed by atoms with Crippen LogP contribution >= 0.6 is 11.6 Å². The number of halogens is 4. The highest BCUT2D eigenvalue weighted by atomic mass is 35.5. The second kappa shape index (κ2) is 6.19. The Morgan fingerprint density at radius 2 is 2.11 bits per heavy atom. The molecule has 0 aliphatic heterocycles. The topological polar surface area (TPSA) is 47.0 Å². The van der Waals surface area contributed by atoms with E-state index in [1.165, 1.54) is 0 Å². The van der Waals surface area contributed by atoms with E-state index in [-0.39, 0.29) is 11.9 Å². The van der Waals surface area contributed by atoms with Gasteiger partial charge in [-0.15, -0.1) is 0 Å². The molecule has 1 atom stereocenters. The van der Waals surface area contributed by atoms with Crippen LogP contribution in [0.4, 0.5) is 19.0 Å². The van der Waals surface area contributed by atoms with Crippen LogP contribution in [0.1, 0.15) is 19.0 Å². The average molecular weight is 284 g/mol. The van der Waals surface area contributed by atoms with E-state index in [9.17, 15) is 13.2 Å². The van der Waals surface area contributed by atoms with Gasteiger partial charge >= 0.3 is 6.18 Å². The molecule has 0 saturated carbocycles. The second-order valence-electron chi connectivity index (χ2n) is 3.73. The number of hydrogen-bond donors (Lipinski definition) is 1. The van der Waals surface area contributed by atoms with E-state index in [0.717, 1.165) is 6.07 Å². The van der Waals surface area contributed by atoms with Crippen molar-refractivity contribution >= 4 is 17.4 Å². The van der Waals surface area contributed by atoms with Crippen molar-refractivity contribution in [2.45, 2.75) is 25.6 Å². The van der Waals surface area contributed by atoms with Gasteiger partial charge in [0.25, 0.3) is 0 Å². The standard InChI is InChI=1S/C10H13ClF3N3O/c1-6(3-4-18-2)15-8-5-7(10(12,13)14)16-9(11)17-8/h5-6H,3-4H2,1-2H3,(H,15,16,17). The van der Waals surface area contributed by atoms with Crippen molar-refractivity contribution in [1.29, 1.82) is 0 Å². The Hall–Kier alpha value is -1.08. The number of alkyl halides is 3. The normalized spacial score (nSPS) is 13.4. The molecular formula is C10H13ClF3N3O. The third kappa shape index (κ3) is 4.66. The number of ether oxygens (including phenoxy) is 1. The van der Waals surface area contributed by atoms with Gasteiger partial charge in [0.2, 0.25) is 5.28 Å². The maximum atomic E-state index is 12.5. The molecule has 0 fully saturated rings. The lowest BCUT2D eigenvalue weighted by atomic mass is 10.2. The smallest absolute Gasteiger partial charge is 0.385 e. The van der Waals surface area contributed by atoms with Crippen molar-refractivity contribution < 1.29 is 17.9 Å². The van der Waals surface area contributed by atoms with Crippen LogP contribution in [0.2, 0.25) is 5.28 Å². The minimum atomic E-state index is -4.54. The van der Waals surface area contributed by atoms with Gasteiger partial charge in [-0.2, -0.15) is 13.2 Å². The SMILES string of the molecule is COCCC(C)Nc1cc(C(F)(F)F)nc(Cl)n1. The first kappa shape index (κ1) is 15.0. The molecule has 0 aliphatic rings. The molecule has 4 nitrogen and oxygen atoms in total. The van der Waals surface area contributed by atoms with E-state index >= 15 is 0 Å². The summed E-state index contributed by atoms with van der Waals surface area (Å²) >= 11 is 5.46. The van der Waals surface area contributed by atoms with Gasteiger partial charge < -0.3 is 10.1 Å². The molecule has 0 aromatic carbocycles. The van der Waals surface area contributed by atoms with E-state index in [1.54, 1.807) is 7.11 Å². The number of aromatic nitrogens is 2. The second-order valence-corrected chi connectivity index (χ2v) is 4.07. The Balaban J connectivity index is 2.80. The molecule has 1 aromatic rings. The first-order valence-corrected chi connectivity index (χ1v) is 5.58. The van der Waals surface area contributed by atoms with Crippen LogP contribution in [0, 0.1) is 0 Å². The fraction of sp³-hybridized carbons (Fsp3) is 0.600. The largest absolute Gasteiger partial charge is 0.433 e.